The van der Waals surface area contributed by atoms with Crippen LogP contribution in [0.3, 0.4) is 0 Å². The molecule has 3 nitrogen and oxygen atoms in total. The first-order valence-electron chi connectivity index (χ1n) is 9.10. The van der Waals surface area contributed by atoms with Gasteiger partial charge in [0, 0.05) is 24.7 Å². The summed E-state index contributed by atoms with van der Waals surface area (Å²) in [7, 11) is 0. The Morgan fingerprint density at radius 1 is 0.960 bits per heavy atom. The average molecular weight is 336 g/mol. The number of ether oxygens (including phenoxy) is 2. The fourth-order valence-electron chi connectivity index (χ4n) is 5.05. The van der Waals surface area contributed by atoms with Gasteiger partial charge < -0.3 is 9.47 Å². The third-order valence-electron chi connectivity index (χ3n) is 5.90. The van der Waals surface area contributed by atoms with Crippen LogP contribution in [-0.4, -0.2) is 18.4 Å². The van der Waals surface area contributed by atoms with E-state index in [1.807, 2.05) is 12.1 Å². The van der Waals surface area contributed by atoms with Crippen molar-refractivity contribution < 1.29 is 14.3 Å². The van der Waals surface area contributed by atoms with Crippen LogP contribution in [0.4, 0.5) is 0 Å². The Labute approximate surface area is 149 Å². The number of hydrogen-bond donors (Lipinski definition) is 0. The molecule has 1 saturated carbocycles. The third kappa shape index (κ3) is 2.58. The number of fused-ring (bicyclic) bond motifs is 1. The second-order valence-electron chi connectivity index (χ2n) is 7.21. The molecular weight excluding hydrogens is 312 g/mol. The van der Waals surface area contributed by atoms with Gasteiger partial charge in [-0.3, -0.25) is 4.79 Å². The summed E-state index contributed by atoms with van der Waals surface area (Å²) in [6, 6.07) is 21.2. The van der Waals surface area contributed by atoms with Crippen molar-refractivity contribution in [2.45, 2.75) is 44.3 Å². The monoisotopic (exact) mass is 336 g/mol. The van der Waals surface area contributed by atoms with Crippen LogP contribution in [0.5, 0.6) is 0 Å². The molecule has 0 spiro atoms. The van der Waals surface area contributed by atoms with E-state index >= 15 is 0 Å². The standard InChI is InChI=1S/C22H24O3/c1-17(23)25-22-14-8-13-21(22,15-16-24-22)20(18-9-4-2-5-10-18)19-11-6-3-7-12-19/h2-7,9-12,20H,8,13-16H2,1H3. The van der Waals surface area contributed by atoms with E-state index in [9.17, 15) is 4.79 Å². The van der Waals surface area contributed by atoms with Gasteiger partial charge in [0.15, 0.2) is 0 Å². The van der Waals surface area contributed by atoms with Crippen LogP contribution >= 0.6 is 0 Å². The summed E-state index contributed by atoms with van der Waals surface area (Å²) >= 11 is 0. The number of benzene rings is 2. The summed E-state index contributed by atoms with van der Waals surface area (Å²) in [6.07, 6.45) is 3.72. The maximum atomic E-state index is 11.9. The zero-order valence-electron chi connectivity index (χ0n) is 14.6. The maximum absolute atomic E-state index is 11.9. The van der Waals surface area contributed by atoms with Gasteiger partial charge in [-0.2, -0.15) is 0 Å². The molecule has 0 amide bonds. The molecule has 0 bridgehead atoms. The summed E-state index contributed by atoms with van der Waals surface area (Å²) in [6.45, 7) is 2.13. The quantitative estimate of drug-likeness (QED) is 0.761. The molecule has 2 fully saturated rings. The number of rotatable bonds is 4. The molecule has 2 atom stereocenters. The molecule has 1 aliphatic carbocycles. The van der Waals surface area contributed by atoms with E-state index in [1.165, 1.54) is 18.1 Å². The van der Waals surface area contributed by atoms with Crippen LogP contribution in [0.1, 0.15) is 49.7 Å². The normalized spacial score (nSPS) is 28.1. The Kier molecular flexibility index (Phi) is 4.12. The molecule has 1 heterocycles. The lowest BCUT2D eigenvalue weighted by Crippen LogP contribution is -2.48. The lowest BCUT2D eigenvalue weighted by molar-refractivity contribution is -0.240. The molecule has 2 aromatic rings. The van der Waals surface area contributed by atoms with Gasteiger partial charge in [-0.05, 0) is 30.4 Å². The van der Waals surface area contributed by atoms with Crippen molar-refractivity contribution in [3.8, 4) is 0 Å². The van der Waals surface area contributed by atoms with Gasteiger partial charge in [0.25, 0.3) is 0 Å². The molecule has 0 radical (unpaired) electrons. The van der Waals surface area contributed by atoms with Crippen LogP contribution in [-0.2, 0) is 14.3 Å². The highest BCUT2D eigenvalue weighted by molar-refractivity contribution is 5.66. The highest BCUT2D eigenvalue weighted by Crippen LogP contribution is 2.64. The Morgan fingerprint density at radius 3 is 2.12 bits per heavy atom. The van der Waals surface area contributed by atoms with Crippen molar-refractivity contribution in [3.05, 3.63) is 71.8 Å². The van der Waals surface area contributed by atoms with Crippen molar-refractivity contribution in [2.24, 2.45) is 5.41 Å². The largest absolute Gasteiger partial charge is 0.433 e. The van der Waals surface area contributed by atoms with Gasteiger partial charge in [-0.25, -0.2) is 0 Å². The minimum Gasteiger partial charge on any atom is -0.433 e. The van der Waals surface area contributed by atoms with Crippen molar-refractivity contribution in [2.75, 3.05) is 6.61 Å². The molecule has 0 N–H and O–H groups in total. The highest BCUT2D eigenvalue weighted by atomic mass is 16.7. The van der Waals surface area contributed by atoms with E-state index in [-0.39, 0.29) is 17.3 Å². The van der Waals surface area contributed by atoms with Crippen LogP contribution < -0.4 is 0 Å². The first-order chi connectivity index (χ1) is 12.2. The summed E-state index contributed by atoms with van der Waals surface area (Å²) in [5.74, 6) is -0.901. The molecule has 3 heteroatoms. The first kappa shape index (κ1) is 16.3. The molecule has 2 aromatic carbocycles. The molecule has 25 heavy (non-hydrogen) atoms. The van der Waals surface area contributed by atoms with Gasteiger partial charge in [0.1, 0.15) is 0 Å². The fraction of sp³-hybridized carbons (Fsp3) is 0.409. The second kappa shape index (κ2) is 6.30. The molecule has 2 unspecified atom stereocenters. The van der Waals surface area contributed by atoms with Crippen LogP contribution in [0.15, 0.2) is 60.7 Å². The molecule has 2 aliphatic rings. The van der Waals surface area contributed by atoms with Gasteiger partial charge >= 0.3 is 5.97 Å². The zero-order chi connectivity index (χ0) is 17.3. The zero-order valence-corrected chi connectivity index (χ0v) is 14.6. The third-order valence-corrected chi connectivity index (χ3v) is 5.90. The predicted molar refractivity (Wildman–Crippen MR) is 96.1 cm³/mol. The molecule has 1 saturated heterocycles. The van der Waals surface area contributed by atoms with Crippen molar-refractivity contribution in [3.63, 3.8) is 0 Å². The average Bonchev–Trinajstić information content (AvgIpc) is 3.11. The number of esters is 1. The SMILES string of the molecule is CC(=O)OC12CCCC1(C(c1ccccc1)c1ccccc1)CCO2. The van der Waals surface area contributed by atoms with Crippen LogP contribution in [0.2, 0.25) is 0 Å². The molecule has 0 aromatic heterocycles. The minimum absolute atomic E-state index is 0.152. The summed E-state index contributed by atoms with van der Waals surface area (Å²) < 4.78 is 12.0. The van der Waals surface area contributed by atoms with E-state index in [0.29, 0.717) is 6.61 Å². The van der Waals surface area contributed by atoms with Crippen molar-refractivity contribution in [1.29, 1.82) is 0 Å². The first-order valence-corrected chi connectivity index (χ1v) is 9.10. The Morgan fingerprint density at radius 2 is 1.56 bits per heavy atom. The van der Waals surface area contributed by atoms with Gasteiger partial charge in [0.2, 0.25) is 5.79 Å². The fourth-order valence-corrected chi connectivity index (χ4v) is 5.05. The van der Waals surface area contributed by atoms with Crippen LogP contribution in [0.25, 0.3) is 0 Å². The van der Waals surface area contributed by atoms with E-state index < -0.39 is 5.79 Å². The van der Waals surface area contributed by atoms with Crippen molar-refractivity contribution >= 4 is 5.97 Å². The smallest absolute Gasteiger partial charge is 0.305 e. The Bertz CT molecular complexity index is 689. The van der Waals surface area contributed by atoms with Gasteiger partial charge in [-0.15, -0.1) is 0 Å². The summed E-state index contributed by atoms with van der Waals surface area (Å²) in [5.41, 5.74) is 2.32. The topological polar surface area (TPSA) is 35.5 Å². The van der Waals surface area contributed by atoms with Gasteiger partial charge in [0.05, 0.1) is 6.61 Å². The van der Waals surface area contributed by atoms with E-state index in [4.69, 9.17) is 9.47 Å². The van der Waals surface area contributed by atoms with Crippen molar-refractivity contribution in [1.82, 2.24) is 0 Å². The molecule has 130 valence electrons. The number of hydrogen-bond acceptors (Lipinski definition) is 3. The lowest BCUT2D eigenvalue weighted by atomic mass is 9.64. The predicted octanol–water partition coefficient (Wildman–Crippen LogP) is 4.67. The van der Waals surface area contributed by atoms with E-state index in [1.54, 1.807) is 0 Å². The number of carbonyl (C=O) groups excluding carboxylic acids is 1. The van der Waals surface area contributed by atoms with E-state index in [0.717, 1.165) is 25.7 Å². The number of carbonyl (C=O) groups is 1. The maximum Gasteiger partial charge on any atom is 0.305 e. The molecule has 4 rings (SSSR count). The minimum atomic E-state index is -0.796. The lowest BCUT2D eigenvalue weighted by Gasteiger charge is -2.44. The molecule has 1 aliphatic heterocycles. The summed E-state index contributed by atoms with van der Waals surface area (Å²) in [5, 5.41) is 0. The van der Waals surface area contributed by atoms with E-state index in [2.05, 4.69) is 48.5 Å². The van der Waals surface area contributed by atoms with Gasteiger partial charge in [-0.1, -0.05) is 60.7 Å². The molecular formula is C22H24O3. The Hall–Kier alpha value is -2.13. The highest BCUT2D eigenvalue weighted by Gasteiger charge is 2.65. The Balaban J connectivity index is 1.88. The van der Waals surface area contributed by atoms with Crippen LogP contribution in [0, 0.1) is 5.41 Å². The second-order valence-corrected chi connectivity index (χ2v) is 7.21. The summed E-state index contributed by atoms with van der Waals surface area (Å²) in [4.78, 5) is 11.9.